The van der Waals surface area contributed by atoms with Crippen LogP contribution in [0.5, 0.6) is 0 Å². The molecule has 6 nitrogen and oxygen atoms in total. The van der Waals surface area contributed by atoms with Gasteiger partial charge in [-0.05, 0) is 58.9 Å². The van der Waals surface area contributed by atoms with Crippen molar-refractivity contribution in [3.05, 3.63) is 120 Å². The van der Waals surface area contributed by atoms with E-state index in [1.807, 2.05) is 60.7 Å². The van der Waals surface area contributed by atoms with E-state index in [1.165, 1.54) is 6.07 Å². The zero-order valence-electron chi connectivity index (χ0n) is 23.1. The molecule has 0 bridgehead atoms. The standard InChI is InChI=1S/C34H30FN3O3/c1-34(2,3)27-18-16-25(17-19-27)32(40)36-28(21-39)20-22-8-10-24(11-9-22)31-37-33(41-38-31)26-14-12-23(13-15-26)29-6-4-5-7-30(29)35/h4-19,21,28H,20H2,1-3H3,(H,36,40). The van der Waals surface area contributed by atoms with Crippen LogP contribution in [0.4, 0.5) is 4.39 Å². The van der Waals surface area contributed by atoms with Gasteiger partial charge in [-0.3, -0.25) is 4.79 Å². The Balaban J connectivity index is 1.22. The summed E-state index contributed by atoms with van der Waals surface area (Å²) in [4.78, 5) is 29.0. The van der Waals surface area contributed by atoms with Crippen LogP contribution in [0.25, 0.3) is 34.0 Å². The molecule has 1 amide bonds. The fourth-order valence-corrected chi connectivity index (χ4v) is 4.50. The molecule has 0 saturated heterocycles. The van der Waals surface area contributed by atoms with Crippen LogP contribution in [0.15, 0.2) is 102 Å². The second-order valence-corrected chi connectivity index (χ2v) is 10.9. The molecule has 0 aliphatic rings. The lowest BCUT2D eigenvalue weighted by molar-refractivity contribution is -0.109. The van der Waals surface area contributed by atoms with Crippen molar-refractivity contribution in [3.8, 4) is 34.0 Å². The molecule has 1 N–H and O–H groups in total. The van der Waals surface area contributed by atoms with Gasteiger partial charge in [-0.25, -0.2) is 4.39 Å². The Morgan fingerprint density at radius 1 is 0.878 bits per heavy atom. The van der Waals surface area contributed by atoms with Crippen LogP contribution >= 0.6 is 0 Å². The van der Waals surface area contributed by atoms with Gasteiger partial charge in [0.1, 0.15) is 12.1 Å². The van der Waals surface area contributed by atoms with Crippen LogP contribution < -0.4 is 5.32 Å². The molecule has 1 unspecified atom stereocenters. The minimum atomic E-state index is -0.667. The molecular weight excluding hydrogens is 517 g/mol. The summed E-state index contributed by atoms with van der Waals surface area (Å²) in [6.45, 7) is 6.34. The molecular formula is C34H30FN3O3. The number of amides is 1. The Morgan fingerprint density at radius 2 is 1.51 bits per heavy atom. The maximum atomic E-state index is 14.1. The molecule has 1 aromatic heterocycles. The van der Waals surface area contributed by atoms with E-state index < -0.39 is 6.04 Å². The van der Waals surface area contributed by atoms with Gasteiger partial charge in [0.15, 0.2) is 0 Å². The van der Waals surface area contributed by atoms with Gasteiger partial charge in [0.2, 0.25) is 5.82 Å². The summed E-state index contributed by atoms with van der Waals surface area (Å²) in [5.74, 6) is 0.198. The summed E-state index contributed by atoms with van der Waals surface area (Å²) in [5, 5.41) is 6.91. The molecule has 206 valence electrons. The number of carbonyl (C=O) groups is 2. The van der Waals surface area contributed by atoms with Crippen LogP contribution in [0, 0.1) is 5.82 Å². The maximum absolute atomic E-state index is 14.1. The molecule has 1 atom stereocenters. The number of aldehydes is 1. The maximum Gasteiger partial charge on any atom is 0.258 e. The predicted octanol–water partition coefficient (Wildman–Crippen LogP) is 7.05. The number of hydrogen-bond acceptors (Lipinski definition) is 5. The smallest absolute Gasteiger partial charge is 0.258 e. The lowest BCUT2D eigenvalue weighted by Gasteiger charge is -2.19. The third-order valence-corrected chi connectivity index (χ3v) is 6.90. The number of nitrogens with one attached hydrogen (secondary N) is 1. The summed E-state index contributed by atoms with van der Waals surface area (Å²) in [6, 6.07) is 28.1. The van der Waals surface area contributed by atoms with E-state index in [1.54, 1.807) is 30.3 Å². The highest BCUT2D eigenvalue weighted by Crippen LogP contribution is 2.27. The second-order valence-electron chi connectivity index (χ2n) is 10.9. The van der Waals surface area contributed by atoms with E-state index in [2.05, 4.69) is 36.2 Å². The second kappa shape index (κ2) is 11.7. The van der Waals surface area contributed by atoms with Crippen LogP contribution in [0.1, 0.15) is 42.3 Å². The molecule has 0 fully saturated rings. The molecule has 7 heteroatoms. The Bertz CT molecular complexity index is 1650. The van der Waals surface area contributed by atoms with Crippen molar-refractivity contribution >= 4 is 12.2 Å². The number of carbonyl (C=O) groups excluding carboxylic acids is 2. The largest absolute Gasteiger partial charge is 0.342 e. The Kier molecular flexibility index (Phi) is 7.88. The van der Waals surface area contributed by atoms with E-state index in [0.29, 0.717) is 29.3 Å². The Hall–Kier alpha value is -4.91. The van der Waals surface area contributed by atoms with E-state index >= 15 is 0 Å². The van der Waals surface area contributed by atoms with Crippen molar-refractivity contribution in [1.82, 2.24) is 15.5 Å². The predicted molar refractivity (Wildman–Crippen MR) is 157 cm³/mol. The van der Waals surface area contributed by atoms with Crippen molar-refractivity contribution in [2.75, 3.05) is 0 Å². The number of hydrogen-bond donors (Lipinski definition) is 1. The highest BCUT2D eigenvalue weighted by atomic mass is 19.1. The average molecular weight is 548 g/mol. The number of benzene rings is 4. The third-order valence-electron chi connectivity index (χ3n) is 6.90. The third kappa shape index (κ3) is 6.47. The van der Waals surface area contributed by atoms with Gasteiger partial charge >= 0.3 is 0 Å². The Morgan fingerprint density at radius 3 is 2.15 bits per heavy atom. The van der Waals surface area contributed by atoms with Crippen molar-refractivity contribution in [1.29, 1.82) is 0 Å². The van der Waals surface area contributed by atoms with Gasteiger partial charge in [0.05, 0.1) is 6.04 Å². The first-order chi connectivity index (χ1) is 19.7. The zero-order chi connectivity index (χ0) is 29.0. The highest BCUT2D eigenvalue weighted by molar-refractivity contribution is 5.95. The van der Waals surface area contributed by atoms with E-state index in [9.17, 15) is 14.0 Å². The molecule has 5 aromatic rings. The number of rotatable bonds is 8. The lowest BCUT2D eigenvalue weighted by Crippen LogP contribution is -2.37. The monoisotopic (exact) mass is 547 g/mol. The molecule has 0 aliphatic carbocycles. The van der Waals surface area contributed by atoms with Crippen molar-refractivity contribution in [2.24, 2.45) is 0 Å². The van der Waals surface area contributed by atoms with Gasteiger partial charge in [-0.1, -0.05) is 92.7 Å². The summed E-state index contributed by atoms with van der Waals surface area (Å²) >= 11 is 0. The molecule has 0 radical (unpaired) electrons. The topological polar surface area (TPSA) is 85.1 Å². The summed E-state index contributed by atoms with van der Waals surface area (Å²) < 4.78 is 19.6. The fourth-order valence-electron chi connectivity index (χ4n) is 4.50. The van der Waals surface area contributed by atoms with Crippen LogP contribution in [-0.4, -0.2) is 28.4 Å². The SMILES string of the molecule is CC(C)(C)c1ccc(C(=O)NC(C=O)Cc2ccc(-c3noc(-c4ccc(-c5ccccc5F)cc4)n3)cc2)cc1. The van der Waals surface area contributed by atoms with Gasteiger partial charge in [-0.15, -0.1) is 0 Å². The quantitative estimate of drug-likeness (QED) is 0.211. The first-order valence-corrected chi connectivity index (χ1v) is 13.4. The summed E-state index contributed by atoms with van der Waals surface area (Å²) in [5.41, 5.74) is 5.26. The molecule has 1 heterocycles. The molecule has 0 spiro atoms. The van der Waals surface area contributed by atoms with Gasteiger partial charge in [0.25, 0.3) is 11.8 Å². The molecule has 0 saturated carbocycles. The average Bonchev–Trinajstić information content (AvgIpc) is 3.47. The van der Waals surface area contributed by atoms with E-state index in [4.69, 9.17) is 4.52 Å². The van der Waals surface area contributed by atoms with Gasteiger partial charge in [-0.2, -0.15) is 4.98 Å². The van der Waals surface area contributed by atoms with Gasteiger partial charge < -0.3 is 14.6 Å². The minimum absolute atomic E-state index is 0.00839. The minimum Gasteiger partial charge on any atom is -0.342 e. The van der Waals surface area contributed by atoms with Crippen LogP contribution in [0.2, 0.25) is 0 Å². The van der Waals surface area contributed by atoms with Gasteiger partial charge in [0, 0.05) is 22.3 Å². The summed E-state index contributed by atoms with van der Waals surface area (Å²) in [6.07, 6.45) is 1.10. The lowest BCUT2D eigenvalue weighted by atomic mass is 9.86. The normalized spacial score (nSPS) is 12.1. The zero-order valence-corrected chi connectivity index (χ0v) is 23.1. The van der Waals surface area contributed by atoms with Crippen molar-refractivity contribution in [3.63, 3.8) is 0 Å². The Labute approximate surface area is 238 Å². The van der Waals surface area contributed by atoms with Crippen molar-refractivity contribution in [2.45, 2.75) is 38.6 Å². The first-order valence-electron chi connectivity index (χ1n) is 13.4. The van der Waals surface area contributed by atoms with E-state index in [-0.39, 0.29) is 17.1 Å². The van der Waals surface area contributed by atoms with E-state index in [0.717, 1.165) is 34.1 Å². The number of nitrogens with zero attached hydrogens (tertiary/aromatic N) is 2. The molecule has 41 heavy (non-hydrogen) atoms. The number of halogens is 1. The highest BCUT2D eigenvalue weighted by Gasteiger charge is 2.17. The van der Waals surface area contributed by atoms with Crippen molar-refractivity contribution < 1.29 is 18.5 Å². The molecule has 4 aromatic carbocycles. The number of aromatic nitrogens is 2. The van der Waals surface area contributed by atoms with Crippen LogP contribution in [-0.2, 0) is 16.6 Å². The fraction of sp³-hybridized carbons (Fsp3) is 0.176. The first kappa shape index (κ1) is 27.6. The summed E-state index contributed by atoms with van der Waals surface area (Å²) in [7, 11) is 0. The molecule has 5 rings (SSSR count). The molecule has 0 aliphatic heterocycles. The van der Waals surface area contributed by atoms with Crippen LogP contribution in [0.3, 0.4) is 0 Å².